The minimum Gasteiger partial charge on any atom is -0.497 e. The number of methoxy groups -OCH3 is 1. The SMILES string of the molecule is COc1ccc(CNCc2c(Br)ccc(Br)c2F)cc1. The van der Waals surface area contributed by atoms with Gasteiger partial charge in [0.15, 0.2) is 0 Å². The first-order chi connectivity index (χ1) is 9.61. The summed E-state index contributed by atoms with van der Waals surface area (Å²) in [5, 5.41) is 3.23. The highest BCUT2D eigenvalue weighted by molar-refractivity contribution is 9.11. The maximum atomic E-state index is 14.0. The van der Waals surface area contributed by atoms with Crippen LogP contribution in [0.25, 0.3) is 0 Å². The first-order valence-electron chi connectivity index (χ1n) is 6.08. The maximum absolute atomic E-state index is 14.0. The normalized spacial score (nSPS) is 10.6. The molecular formula is C15H14Br2FNO. The Bertz CT molecular complexity index is 587. The quantitative estimate of drug-likeness (QED) is 0.735. The van der Waals surface area contributed by atoms with Gasteiger partial charge in [-0.15, -0.1) is 0 Å². The lowest BCUT2D eigenvalue weighted by Crippen LogP contribution is -2.14. The minimum atomic E-state index is -0.235. The monoisotopic (exact) mass is 401 g/mol. The van der Waals surface area contributed by atoms with Gasteiger partial charge < -0.3 is 10.1 Å². The van der Waals surface area contributed by atoms with Crippen LogP contribution in [-0.4, -0.2) is 7.11 Å². The van der Waals surface area contributed by atoms with Crippen molar-refractivity contribution in [3.05, 3.63) is 62.3 Å². The van der Waals surface area contributed by atoms with E-state index >= 15 is 0 Å². The predicted octanol–water partition coefficient (Wildman–Crippen LogP) is 4.65. The summed E-state index contributed by atoms with van der Waals surface area (Å²) >= 11 is 6.56. The van der Waals surface area contributed by atoms with Gasteiger partial charge in [0.1, 0.15) is 11.6 Å². The maximum Gasteiger partial charge on any atom is 0.142 e. The fourth-order valence-electron chi connectivity index (χ4n) is 1.81. The summed E-state index contributed by atoms with van der Waals surface area (Å²) < 4.78 is 20.3. The van der Waals surface area contributed by atoms with Crippen LogP contribution >= 0.6 is 31.9 Å². The zero-order chi connectivity index (χ0) is 14.5. The molecule has 2 aromatic rings. The summed E-state index contributed by atoms with van der Waals surface area (Å²) in [4.78, 5) is 0. The molecule has 0 fully saturated rings. The highest BCUT2D eigenvalue weighted by Gasteiger charge is 2.10. The number of benzene rings is 2. The Balaban J connectivity index is 1.97. The van der Waals surface area contributed by atoms with Crippen molar-refractivity contribution in [1.29, 1.82) is 0 Å². The van der Waals surface area contributed by atoms with Crippen molar-refractivity contribution in [2.45, 2.75) is 13.1 Å². The second kappa shape index (κ2) is 7.20. The van der Waals surface area contributed by atoms with E-state index in [2.05, 4.69) is 37.2 Å². The van der Waals surface area contributed by atoms with E-state index in [0.29, 0.717) is 23.1 Å². The third kappa shape index (κ3) is 3.81. The molecule has 5 heteroatoms. The summed E-state index contributed by atoms with van der Waals surface area (Å²) in [6.45, 7) is 1.13. The summed E-state index contributed by atoms with van der Waals surface area (Å²) in [5.41, 5.74) is 1.74. The third-order valence-electron chi connectivity index (χ3n) is 2.93. The lowest BCUT2D eigenvalue weighted by atomic mass is 10.2. The van der Waals surface area contributed by atoms with E-state index in [1.807, 2.05) is 30.3 Å². The van der Waals surface area contributed by atoms with E-state index < -0.39 is 0 Å². The minimum absolute atomic E-state index is 0.235. The largest absolute Gasteiger partial charge is 0.497 e. The first-order valence-corrected chi connectivity index (χ1v) is 7.66. The summed E-state index contributed by atoms with van der Waals surface area (Å²) in [5.74, 6) is 0.594. The van der Waals surface area contributed by atoms with E-state index in [0.717, 1.165) is 15.8 Å². The molecule has 106 valence electrons. The van der Waals surface area contributed by atoms with E-state index in [1.165, 1.54) is 0 Å². The van der Waals surface area contributed by atoms with Crippen molar-refractivity contribution < 1.29 is 9.13 Å². The Labute approximate surface area is 134 Å². The van der Waals surface area contributed by atoms with Gasteiger partial charge >= 0.3 is 0 Å². The first kappa shape index (κ1) is 15.5. The van der Waals surface area contributed by atoms with Crippen LogP contribution in [0.1, 0.15) is 11.1 Å². The molecule has 0 aromatic heterocycles. The Morgan fingerprint density at radius 2 is 1.65 bits per heavy atom. The number of hydrogen-bond acceptors (Lipinski definition) is 2. The number of ether oxygens (including phenoxy) is 1. The number of halogens is 3. The van der Waals surface area contributed by atoms with Crippen molar-refractivity contribution in [2.75, 3.05) is 7.11 Å². The molecule has 0 unspecified atom stereocenters. The Hall–Kier alpha value is -0.910. The average Bonchev–Trinajstić information content (AvgIpc) is 2.47. The van der Waals surface area contributed by atoms with Gasteiger partial charge in [0.25, 0.3) is 0 Å². The van der Waals surface area contributed by atoms with Crippen molar-refractivity contribution in [3.63, 3.8) is 0 Å². The third-order valence-corrected chi connectivity index (χ3v) is 4.28. The summed E-state index contributed by atoms with van der Waals surface area (Å²) in [6.07, 6.45) is 0. The summed E-state index contributed by atoms with van der Waals surface area (Å²) in [7, 11) is 1.64. The standard InChI is InChI=1S/C15H14Br2FNO/c1-20-11-4-2-10(3-5-11)8-19-9-12-13(16)6-7-14(17)15(12)18/h2-7,19H,8-9H2,1H3. The molecular weight excluding hydrogens is 389 g/mol. The molecule has 0 atom stereocenters. The average molecular weight is 403 g/mol. The zero-order valence-electron chi connectivity index (χ0n) is 10.9. The van der Waals surface area contributed by atoms with Gasteiger partial charge in [-0.05, 0) is 45.8 Å². The highest BCUT2D eigenvalue weighted by Crippen LogP contribution is 2.26. The Morgan fingerprint density at radius 1 is 1.00 bits per heavy atom. The van der Waals surface area contributed by atoms with Crippen LogP contribution in [0.2, 0.25) is 0 Å². The van der Waals surface area contributed by atoms with Crippen molar-refractivity contribution in [2.24, 2.45) is 0 Å². The summed E-state index contributed by atoms with van der Waals surface area (Å²) in [6, 6.07) is 11.3. The highest BCUT2D eigenvalue weighted by atomic mass is 79.9. The van der Waals surface area contributed by atoms with Gasteiger partial charge in [-0.3, -0.25) is 0 Å². The van der Waals surface area contributed by atoms with Crippen LogP contribution in [0.3, 0.4) is 0 Å². The molecule has 0 saturated heterocycles. The van der Waals surface area contributed by atoms with Crippen molar-refractivity contribution in [1.82, 2.24) is 5.32 Å². The molecule has 0 aliphatic heterocycles. The second-order valence-electron chi connectivity index (χ2n) is 4.27. The van der Waals surface area contributed by atoms with Gasteiger partial charge in [-0.2, -0.15) is 0 Å². The van der Waals surface area contributed by atoms with E-state index in [-0.39, 0.29) is 5.82 Å². The number of hydrogen-bond donors (Lipinski definition) is 1. The molecule has 0 spiro atoms. The molecule has 0 radical (unpaired) electrons. The van der Waals surface area contributed by atoms with E-state index in [4.69, 9.17) is 4.74 Å². The van der Waals surface area contributed by atoms with Crippen molar-refractivity contribution in [3.8, 4) is 5.75 Å². The topological polar surface area (TPSA) is 21.3 Å². The van der Waals surface area contributed by atoms with Gasteiger partial charge in [-0.25, -0.2) is 4.39 Å². The van der Waals surface area contributed by atoms with Gasteiger partial charge in [0, 0.05) is 23.1 Å². The van der Waals surface area contributed by atoms with Crippen LogP contribution in [-0.2, 0) is 13.1 Å². The molecule has 0 heterocycles. The molecule has 20 heavy (non-hydrogen) atoms. The van der Waals surface area contributed by atoms with Crippen LogP contribution in [0.4, 0.5) is 4.39 Å². The zero-order valence-corrected chi connectivity index (χ0v) is 14.1. The van der Waals surface area contributed by atoms with Crippen LogP contribution in [0.5, 0.6) is 5.75 Å². The fraction of sp³-hybridized carbons (Fsp3) is 0.200. The van der Waals surface area contributed by atoms with Gasteiger partial charge in [0.2, 0.25) is 0 Å². The molecule has 0 amide bonds. The number of rotatable bonds is 5. The Kier molecular flexibility index (Phi) is 5.57. The fourth-order valence-corrected chi connectivity index (χ4v) is 2.62. The van der Waals surface area contributed by atoms with Crippen molar-refractivity contribution >= 4 is 31.9 Å². The van der Waals surface area contributed by atoms with Gasteiger partial charge in [0.05, 0.1) is 11.6 Å². The lowest BCUT2D eigenvalue weighted by molar-refractivity contribution is 0.414. The molecule has 0 aliphatic carbocycles. The molecule has 0 bridgehead atoms. The Morgan fingerprint density at radius 3 is 2.30 bits per heavy atom. The smallest absolute Gasteiger partial charge is 0.142 e. The molecule has 1 N–H and O–H groups in total. The second-order valence-corrected chi connectivity index (χ2v) is 5.98. The number of nitrogens with one attached hydrogen (secondary N) is 1. The van der Waals surface area contributed by atoms with Gasteiger partial charge in [-0.1, -0.05) is 28.1 Å². The van der Waals surface area contributed by atoms with E-state index in [9.17, 15) is 4.39 Å². The van der Waals surface area contributed by atoms with Crippen LogP contribution < -0.4 is 10.1 Å². The lowest BCUT2D eigenvalue weighted by Gasteiger charge is -2.10. The van der Waals surface area contributed by atoms with Crippen LogP contribution in [0.15, 0.2) is 45.3 Å². The molecule has 2 aromatic carbocycles. The predicted molar refractivity (Wildman–Crippen MR) is 85.3 cm³/mol. The molecule has 2 rings (SSSR count). The van der Waals surface area contributed by atoms with Crippen LogP contribution in [0, 0.1) is 5.82 Å². The van der Waals surface area contributed by atoms with E-state index in [1.54, 1.807) is 13.2 Å². The molecule has 0 aliphatic rings. The molecule has 2 nitrogen and oxygen atoms in total. The molecule has 0 saturated carbocycles.